The van der Waals surface area contributed by atoms with E-state index in [4.69, 9.17) is 4.74 Å². The Morgan fingerprint density at radius 3 is 1.20 bits per heavy atom. The van der Waals surface area contributed by atoms with Crippen molar-refractivity contribution in [3.63, 3.8) is 0 Å². The summed E-state index contributed by atoms with van der Waals surface area (Å²) in [6.45, 7) is 10.4. The molecule has 0 aromatic heterocycles. The van der Waals surface area contributed by atoms with Gasteiger partial charge in [0, 0.05) is 13.2 Å². The summed E-state index contributed by atoms with van der Waals surface area (Å²) in [5.41, 5.74) is 0. The van der Waals surface area contributed by atoms with Crippen LogP contribution in [0.5, 0.6) is 0 Å². The molecule has 1 rings (SSSR count). The van der Waals surface area contributed by atoms with Gasteiger partial charge in [-0.2, -0.15) is 0 Å². The molecule has 0 amide bonds. The minimum atomic E-state index is 1.00. The molecule has 0 atom stereocenters. The Morgan fingerprint density at radius 2 is 1.20 bits per heavy atom. The predicted octanol–water partition coefficient (Wildman–Crippen LogP) is 3.24. The lowest BCUT2D eigenvalue weighted by Crippen LogP contribution is -2.09. The molecule has 0 aromatic rings. The molecule has 1 saturated heterocycles. The third-order valence-corrected chi connectivity index (χ3v) is 1.08. The molecule has 0 spiro atoms. The van der Waals surface area contributed by atoms with E-state index in [0.717, 1.165) is 13.2 Å². The van der Waals surface area contributed by atoms with E-state index in [-0.39, 0.29) is 0 Å². The van der Waals surface area contributed by atoms with Crippen molar-refractivity contribution in [3.8, 4) is 0 Å². The van der Waals surface area contributed by atoms with Crippen LogP contribution in [0.15, 0.2) is 0 Å². The van der Waals surface area contributed by atoms with Crippen molar-refractivity contribution in [1.29, 1.82) is 0 Å². The third-order valence-electron chi connectivity index (χ3n) is 1.08. The van der Waals surface area contributed by atoms with Crippen molar-refractivity contribution in [2.24, 2.45) is 0 Å². The lowest BCUT2D eigenvalue weighted by atomic mass is 10.4. The Labute approximate surface area is 65.8 Å². The van der Waals surface area contributed by atoms with Crippen molar-refractivity contribution in [2.75, 3.05) is 13.2 Å². The van der Waals surface area contributed by atoms with Gasteiger partial charge in [0.25, 0.3) is 0 Å². The Bertz CT molecular complexity index is 25.7. The second-order valence-electron chi connectivity index (χ2n) is 1.97. The molecular weight excluding hydrogens is 124 g/mol. The average Bonchev–Trinajstić information content (AvgIpc) is 1.89. The van der Waals surface area contributed by atoms with Crippen LogP contribution in [0.4, 0.5) is 0 Å². The molecule has 1 heterocycles. The van der Waals surface area contributed by atoms with E-state index < -0.39 is 0 Å². The second kappa shape index (κ2) is 16.0. The highest BCUT2D eigenvalue weighted by atomic mass is 16.5. The first-order chi connectivity index (χ1) is 4.91. The van der Waals surface area contributed by atoms with Gasteiger partial charge in [-0.25, -0.2) is 0 Å². The first kappa shape index (κ1) is 12.6. The Hall–Kier alpha value is -0.0400. The summed E-state index contributed by atoms with van der Waals surface area (Å²) in [4.78, 5) is 0. The van der Waals surface area contributed by atoms with Crippen LogP contribution in [0.25, 0.3) is 0 Å². The summed E-state index contributed by atoms with van der Waals surface area (Å²) in [6, 6.07) is 0. The molecule has 64 valence electrons. The Balaban J connectivity index is 0. The van der Waals surface area contributed by atoms with E-state index in [0.29, 0.717) is 0 Å². The van der Waals surface area contributed by atoms with E-state index in [9.17, 15) is 0 Å². The minimum absolute atomic E-state index is 1.00. The van der Waals surface area contributed by atoms with Crippen molar-refractivity contribution >= 4 is 0 Å². The SMILES string of the molecule is C1COC1.CC.CCCC. The van der Waals surface area contributed by atoms with Crippen LogP contribution in [0.3, 0.4) is 0 Å². The molecule has 0 saturated carbocycles. The zero-order chi connectivity index (χ0) is 8.24. The summed E-state index contributed by atoms with van der Waals surface area (Å²) in [7, 11) is 0. The molecule has 0 aliphatic carbocycles. The normalized spacial score (nSPS) is 13.2. The maximum absolute atomic E-state index is 4.72. The molecule has 10 heavy (non-hydrogen) atoms. The summed E-state index contributed by atoms with van der Waals surface area (Å²) < 4.78 is 4.72. The van der Waals surface area contributed by atoms with Crippen LogP contribution in [-0.4, -0.2) is 13.2 Å². The number of ether oxygens (including phenoxy) is 1. The quantitative estimate of drug-likeness (QED) is 0.552. The molecule has 1 fully saturated rings. The molecule has 0 radical (unpaired) electrons. The largest absolute Gasteiger partial charge is 0.381 e. The summed E-state index contributed by atoms with van der Waals surface area (Å²) >= 11 is 0. The van der Waals surface area contributed by atoms with E-state index in [1.807, 2.05) is 13.8 Å². The Kier molecular flexibility index (Phi) is 20.2. The summed E-state index contributed by atoms with van der Waals surface area (Å²) in [5.74, 6) is 0. The van der Waals surface area contributed by atoms with E-state index >= 15 is 0 Å². The van der Waals surface area contributed by atoms with Crippen LogP contribution in [0, 0.1) is 0 Å². The minimum Gasteiger partial charge on any atom is -0.381 e. The third kappa shape index (κ3) is 15.7. The second-order valence-corrected chi connectivity index (χ2v) is 1.97. The number of hydrogen-bond donors (Lipinski definition) is 0. The van der Waals surface area contributed by atoms with E-state index in [1.165, 1.54) is 19.3 Å². The van der Waals surface area contributed by atoms with Crippen LogP contribution in [-0.2, 0) is 4.74 Å². The average molecular weight is 146 g/mol. The monoisotopic (exact) mass is 146 g/mol. The van der Waals surface area contributed by atoms with Crippen molar-refractivity contribution < 1.29 is 4.74 Å². The standard InChI is InChI=1S/C4H10.C3H6O.C2H6/c1-3-4-2;1-2-4-3-1;1-2/h3-4H2,1-2H3;1-3H2;1-2H3. The highest BCUT2D eigenvalue weighted by Crippen LogP contribution is 1.93. The molecule has 0 unspecified atom stereocenters. The van der Waals surface area contributed by atoms with Crippen LogP contribution >= 0.6 is 0 Å². The van der Waals surface area contributed by atoms with Crippen LogP contribution in [0.1, 0.15) is 47.0 Å². The van der Waals surface area contributed by atoms with Gasteiger partial charge in [-0.05, 0) is 6.42 Å². The van der Waals surface area contributed by atoms with Gasteiger partial charge in [0.1, 0.15) is 0 Å². The molecule has 0 bridgehead atoms. The molecule has 1 aliphatic rings. The van der Waals surface area contributed by atoms with Crippen LogP contribution < -0.4 is 0 Å². The highest BCUT2D eigenvalue weighted by molar-refractivity contribution is 4.41. The molecule has 1 heteroatoms. The van der Waals surface area contributed by atoms with Crippen LogP contribution in [0.2, 0.25) is 0 Å². The zero-order valence-electron chi connectivity index (χ0n) is 7.94. The van der Waals surface area contributed by atoms with Gasteiger partial charge >= 0.3 is 0 Å². The fourth-order valence-electron chi connectivity index (χ4n) is 0.144. The van der Waals surface area contributed by atoms with Gasteiger partial charge in [-0.3, -0.25) is 0 Å². The molecular formula is C9H22O. The van der Waals surface area contributed by atoms with Crippen molar-refractivity contribution in [2.45, 2.75) is 47.0 Å². The van der Waals surface area contributed by atoms with Crippen molar-refractivity contribution in [3.05, 3.63) is 0 Å². The Morgan fingerprint density at radius 1 is 1.00 bits per heavy atom. The topological polar surface area (TPSA) is 9.23 Å². The first-order valence-electron chi connectivity index (χ1n) is 4.49. The zero-order valence-corrected chi connectivity index (χ0v) is 7.94. The van der Waals surface area contributed by atoms with Gasteiger partial charge in [0.05, 0.1) is 0 Å². The molecule has 0 N–H and O–H groups in total. The summed E-state index contributed by atoms with van der Waals surface area (Å²) in [6.07, 6.45) is 3.92. The van der Waals surface area contributed by atoms with E-state index in [1.54, 1.807) is 0 Å². The first-order valence-corrected chi connectivity index (χ1v) is 4.49. The number of rotatable bonds is 1. The van der Waals surface area contributed by atoms with Gasteiger partial charge in [0.15, 0.2) is 0 Å². The molecule has 0 aromatic carbocycles. The highest BCUT2D eigenvalue weighted by Gasteiger charge is 1.94. The molecule has 1 aliphatic heterocycles. The number of unbranched alkanes of at least 4 members (excludes halogenated alkanes) is 1. The van der Waals surface area contributed by atoms with Gasteiger partial charge < -0.3 is 4.74 Å². The van der Waals surface area contributed by atoms with Crippen molar-refractivity contribution in [1.82, 2.24) is 0 Å². The van der Waals surface area contributed by atoms with Gasteiger partial charge in [0.2, 0.25) is 0 Å². The number of hydrogen-bond acceptors (Lipinski definition) is 1. The molecule has 1 nitrogen and oxygen atoms in total. The lowest BCUT2D eigenvalue weighted by molar-refractivity contribution is 0.0367. The predicted molar refractivity (Wildman–Crippen MR) is 47.4 cm³/mol. The maximum Gasteiger partial charge on any atom is 0.0488 e. The fraction of sp³-hybridized carbons (Fsp3) is 1.00. The van der Waals surface area contributed by atoms with Gasteiger partial charge in [-0.1, -0.05) is 40.5 Å². The van der Waals surface area contributed by atoms with Gasteiger partial charge in [-0.15, -0.1) is 0 Å². The smallest absolute Gasteiger partial charge is 0.0488 e. The summed E-state index contributed by atoms with van der Waals surface area (Å²) in [5, 5.41) is 0. The lowest BCUT2D eigenvalue weighted by Gasteiger charge is -2.09. The van der Waals surface area contributed by atoms with E-state index in [2.05, 4.69) is 13.8 Å². The maximum atomic E-state index is 4.72. The fourth-order valence-corrected chi connectivity index (χ4v) is 0.144.